The highest BCUT2D eigenvalue weighted by Crippen LogP contribution is 2.24. The van der Waals surface area contributed by atoms with E-state index >= 15 is 0 Å². The highest BCUT2D eigenvalue weighted by Gasteiger charge is 2.25. The van der Waals surface area contributed by atoms with Crippen LogP contribution in [0, 0.1) is 17.5 Å². The minimum atomic E-state index is -0.690. The lowest BCUT2D eigenvalue weighted by molar-refractivity contribution is -0.135. The topological polar surface area (TPSA) is 89.3 Å². The molecule has 0 unspecified atom stereocenters. The van der Waals surface area contributed by atoms with Crippen LogP contribution in [0.5, 0.6) is 5.75 Å². The van der Waals surface area contributed by atoms with E-state index in [1.54, 1.807) is 0 Å². The molecule has 0 spiro atoms. The van der Waals surface area contributed by atoms with Gasteiger partial charge >= 0.3 is 5.97 Å². The van der Waals surface area contributed by atoms with Crippen molar-refractivity contribution >= 4 is 35.0 Å². The van der Waals surface area contributed by atoms with Gasteiger partial charge in [-0.15, -0.1) is 5.10 Å². The maximum atomic E-state index is 13.8. The fourth-order valence-corrected chi connectivity index (χ4v) is 3.07. The van der Waals surface area contributed by atoms with Crippen LogP contribution in [0.4, 0.5) is 13.2 Å². The quantitative estimate of drug-likeness (QED) is 0.316. The SMILES string of the molecule is COC(=O)/C=C1/S/C(=N\N=Cc2ccc(F)cc2OCc2cc(F)ccc2F)NC1=O. The Labute approximate surface area is 178 Å². The maximum Gasteiger partial charge on any atom is 0.331 e. The summed E-state index contributed by atoms with van der Waals surface area (Å²) in [7, 11) is 1.18. The summed E-state index contributed by atoms with van der Waals surface area (Å²) in [6.45, 7) is -0.337. The lowest BCUT2D eigenvalue weighted by Gasteiger charge is -2.10. The molecule has 1 N–H and O–H groups in total. The van der Waals surface area contributed by atoms with Crippen molar-refractivity contribution in [1.82, 2.24) is 5.32 Å². The van der Waals surface area contributed by atoms with Crippen molar-refractivity contribution in [1.29, 1.82) is 0 Å². The smallest absolute Gasteiger partial charge is 0.331 e. The molecule has 0 bridgehead atoms. The lowest BCUT2D eigenvalue weighted by Crippen LogP contribution is -2.19. The molecule has 1 fully saturated rings. The van der Waals surface area contributed by atoms with Crippen LogP contribution in [0.2, 0.25) is 0 Å². The Kier molecular flexibility index (Phi) is 7.08. The highest BCUT2D eigenvalue weighted by molar-refractivity contribution is 8.18. The van der Waals surface area contributed by atoms with Crippen LogP contribution in [0.15, 0.2) is 57.6 Å². The molecule has 0 atom stereocenters. The number of nitrogens with one attached hydrogen (secondary N) is 1. The molecule has 1 saturated heterocycles. The van der Waals surface area contributed by atoms with E-state index in [2.05, 4.69) is 20.3 Å². The standard InChI is InChI=1S/C20H14F3N3O4S/c1-29-18(27)8-17-19(28)25-20(31-17)26-24-9-11-2-3-14(22)7-16(11)30-10-12-6-13(21)4-5-15(12)23/h2-9H,10H2,1H3,(H,25,26,28)/b17-8+,24-9?. The summed E-state index contributed by atoms with van der Waals surface area (Å²) in [6, 6.07) is 6.51. The van der Waals surface area contributed by atoms with Crippen molar-refractivity contribution in [3.63, 3.8) is 0 Å². The van der Waals surface area contributed by atoms with E-state index in [1.807, 2.05) is 0 Å². The second kappa shape index (κ2) is 9.94. The number of carbonyl (C=O) groups excluding carboxylic acids is 2. The normalized spacial score (nSPS) is 16.2. The molecule has 7 nitrogen and oxygen atoms in total. The molecule has 1 heterocycles. The third kappa shape index (κ3) is 5.95. The number of halogens is 3. The van der Waals surface area contributed by atoms with Gasteiger partial charge in [-0.2, -0.15) is 5.10 Å². The zero-order chi connectivity index (χ0) is 22.4. The molecular weight excluding hydrogens is 435 g/mol. The van der Waals surface area contributed by atoms with E-state index in [9.17, 15) is 22.8 Å². The summed E-state index contributed by atoms with van der Waals surface area (Å²) >= 11 is 0.882. The van der Waals surface area contributed by atoms with Crippen molar-refractivity contribution < 1.29 is 32.2 Å². The van der Waals surface area contributed by atoms with E-state index in [0.717, 1.165) is 48.2 Å². The van der Waals surface area contributed by atoms with Crippen molar-refractivity contribution in [2.45, 2.75) is 6.61 Å². The Bertz CT molecular complexity index is 1120. The number of hydrogen-bond donors (Lipinski definition) is 1. The maximum absolute atomic E-state index is 13.8. The van der Waals surface area contributed by atoms with Gasteiger partial charge in [0.1, 0.15) is 29.8 Å². The Morgan fingerprint density at radius 3 is 2.68 bits per heavy atom. The van der Waals surface area contributed by atoms with Gasteiger partial charge in [0, 0.05) is 23.3 Å². The third-order valence-corrected chi connectivity index (χ3v) is 4.71. The highest BCUT2D eigenvalue weighted by atomic mass is 32.2. The predicted molar refractivity (Wildman–Crippen MR) is 108 cm³/mol. The van der Waals surface area contributed by atoms with Crippen LogP contribution in [0.1, 0.15) is 11.1 Å². The molecule has 31 heavy (non-hydrogen) atoms. The van der Waals surface area contributed by atoms with Gasteiger partial charge in [-0.25, -0.2) is 18.0 Å². The summed E-state index contributed by atoms with van der Waals surface area (Å²) in [5, 5.41) is 10.2. The Hall–Kier alpha value is -3.60. The first-order chi connectivity index (χ1) is 14.9. The first-order valence-electron chi connectivity index (χ1n) is 8.62. The van der Waals surface area contributed by atoms with Crippen molar-refractivity contribution in [3.8, 4) is 5.75 Å². The van der Waals surface area contributed by atoms with E-state index in [1.165, 1.54) is 19.4 Å². The fourth-order valence-electron chi connectivity index (χ4n) is 2.33. The van der Waals surface area contributed by atoms with Gasteiger partial charge in [0.2, 0.25) is 0 Å². The third-order valence-electron chi connectivity index (χ3n) is 3.81. The van der Waals surface area contributed by atoms with Gasteiger partial charge in [-0.3, -0.25) is 10.1 Å². The van der Waals surface area contributed by atoms with Crippen LogP contribution >= 0.6 is 11.8 Å². The van der Waals surface area contributed by atoms with Crippen molar-refractivity contribution in [2.24, 2.45) is 10.2 Å². The number of benzene rings is 2. The number of esters is 1. The number of amidine groups is 1. The summed E-state index contributed by atoms with van der Waals surface area (Å²) in [5.74, 6) is -3.09. The van der Waals surface area contributed by atoms with Crippen LogP contribution in [-0.4, -0.2) is 30.4 Å². The molecule has 0 radical (unpaired) electrons. The summed E-state index contributed by atoms with van der Waals surface area (Å²) in [5.41, 5.74) is 0.268. The minimum absolute atomic E-state index is 0.0296. The molecule has 1 aliphatic rings. The average Bonchev–Trinajstić information content (AvgIpc) is 3.08. The van der Waals surface area contributed by atoms with Gasteiger partial charge in [-0.05, 0) is 42.1 Å². The Balaban J connectivity index is 1.73. The fraction of sp³-hybridized carbons (Fsp3) is 0.100. The van der Waals surface area contributed by atoms with Gasteiger partial charge in [0.25, 0.3) is 5.91 Å². The number of carbonyl (C=O) groups is 2. The molecule has 3 rings (SSSR count). The molecule has 2 aromatic rings. The lowest BCUT2D eigenvalue weighted by atomic mass is 10.2. The monoisotopic (exact) mass is 449 g/mol. The number of hydrogen-bond acceptors (Lipinski definition) is 7. The zero-order valence-corrected chi connectivity index (χ0v) is 16.7. The van der Waals surface area contributed by atoms with Gasteiger partial charge in [-0.1, -0.05) is 0 Å². The van der Waals surface area contributed by atoms with Gasteiger partial charge in [0.05, 0.1) is 18.2 Å². The van der Waals surface area contributed by atoms with E-state index in [-0.39, 0.29) is 28.0 Å². The first kappa shape index (κ1) is 22.1. The van der Waals surface area contributed by atoms with E-state index < -0.39 is 29.3 Å². The molecule has 0 saturated carbocycles. The van der Waals surface area contributed by atoms with Crippen LogP contribution < -0.4 is 10.1 Å². The van der Waals surface area contributed by atoms with Crippen molar-refractivity contribution in [3.05, 3.63) is 76.0 Å². The largest absolute Gasteiger partial charge is 0.488 e. The van der Waals surface area contributed by atoms with Crippen LogP contribution in [-0.2, 0) is 20.9 Å². The van der Waals surface area contributed by atoms with E-state index in [4.69, 9.17) is 4.74 Å². The molecule has 2 aromatic carbocycles. The first-order valence-corrected chi connectivity index (χ1v) is 9.43. The summed E-state index contributed by atoms with van der Waals surface area (Å²) < 4.78 is 50.6. The number of ether oxygens (including phenoxy) is 2. The molecule has 1 amide bonds. The molecule has 11 heteroatoms. The minimum Gasteiger partial charge on any atom is -0.488 e. The molecule has 1 aliphatic heterocycles. The molecular formula is C20H14F3N3O4S. The van der Waals surface area contributed by atoms with Gasteiger partial charge < -0.3 is 9.47 Å². The van der Waals surface area contributed by atoms with E-state index in [0.29, 0.717) is 5.56 Å². The molecule has 160 valence electrons. The number of amides is 1. The van der Waals surface area contributed by atoms with Crippen LogP contribution in [0.25, 0.3) is 0 Å². The Morgan fingerprint density at radius 2 is 1.90 bits per heavy atom. The molecule has 0 aromatic heterocycles. The number of methoxy groups -OCH3 is 1. The van der Waals surface area contributed by atoms with Gasteiger partial charge in [0.15, 0.2) is 5.17 Å². The summed E-state index contributed by atoms with van der Waals surface area (Å²) in [6.07, 6.45) is 2.25. The van der Waals surface area contributed by atoms with Crippen molar-refractivity contribution in [2.75, 3.05) is 7.11 Å². The molecule has 0 aliphatic carbocycles. The zero-order valence-electron chi connectivity index (χ0n) is 15.9. The second-order valence-electron chi connectivity index (χ2n) is 5.94. The number of rotatable bonds is 6. The van der Waals surface area contributed by atoms with Crippen LogP contribution in [0.3, 0.4) is 0 Å². The Morgan fingerprint density at radius 1 is 1.16 bits per heavy atom. The number of thioether (sulfide) groups is 1. The second-order valence-corrected chi connectivity index (χ2v) is 6.97. The summed E-state index contributed by atoms with van der Waals surface area (Å²) in [4.78, 5) is 23.1. The predicted octanol–water partition coefficient (Wildman–Crippen LogP) is 3.29. The number of nitrogens with zero attached hydrogens (tertiary/aromatic N) is 2. The average molecular weight is 449 g/mol.